The minimum Gasteiger partial charge on any atom is -0.458 e. The van der Waals surface area contributed by atoms with Crippen LogP contribution in [-0.4, -0.2) is 17.0 Å². The van der Waals surface area contributed by atoms with Crippen molar-refractivity contribution in [2.75, 3.05) is 0 Å². The number of unbranched alkanes of at least 4 members (excludes halogenated alkanes) is 2. The standard InChI is InChI=1S/C16H21NO4/c1-3-4-5-6-7-13(2)21-16(18)12-14-8-10-15(11-9-14)17(19)20/h6-11,13H,3-5,12H2,1-2H3/b7-6+. The molecule has 0 radical (unpaired) electrons. The van der Waals surface area contributed by atoms with Crippen molar-refractivity contribution in [2.24, 2.45) is 0 Å². The quantitative estimate of drug-likeness (QED) is 0.240. The Kier molecular flexibility index (Phi) is 7.15. The monoisotopic (exact) mass is 291 g/mol. The van der Waals surface area contributed by atoms with Gasteiger partial charge >= 0.3 is 5.97 Å². The van der Waals surface area contributed by atoms with Gasteiger partial charge in [-0.1, -0.05) is 38.0 Å². The highest BCUT2D eigenvalue weighted by Crippen LogP contribution is 2.13. The number of allylic oxidation sites excluding steroid dienone is 1. The van der Waals surface area contributed by atoms with Gasteiger partial charge in [0.1, 0.15) is 6.10 Å². The Bertz CT molecular complexity index is 494. The second-order valence-corrected chi connectivity index (χ2v) is 4.87. The minimum atomic E-state index is -0.467. The van der Waals surface area contributed by atoms with Crippen LogP contribution in [0.5, 0.6) is 0 Å². The zero-order chi connectivity index (χ0) is 15.7. The van der Waals surface area contributed by atoms with Gasteiger partial charge in [-0.2, -0.15) is 0 Å². The fourth-order valence-corrected chi connectivity index (χ4v) is 1.80. The van der Waals surface area contributed by atoms with Crippen LogP contribution in [0.3, 0.4) is 0 Å². The molecule has 0 spiro atoms. The molecule has 0 N–H and O–H groups in total. The Morgan fingerprint density at radius 3 is 2.62 bits per heavy atom. The average molecular weight is 291 g/mol. The molecule has 0 fully saturated rings. The molecule has 1 rings (SSSR count). The Morgan fingerprint density at radius 2 is 2.05 bits per heavy atom. The molecule has 0 bridgehead atoms. The number of benzene rings is 1. The first-order chi connectivity index (χ1) is 10.0. The summed E-state index contributed by atoms with van der Waals surface area (Å²) in [5, 5.41) is 10.5. The summed E-state index contributed by atoms with van der Waals surface area (Å²) in [5.41, 5.74) is 0.715. The molecule has 114 valence electrons. The lowest BCUT2D eigenvalue weighted by Crippen LogP contribution is -2.14. The molecule has 1 unspecified atom stereocenters. The number of carbonyl (C=O) groups is 1. The van der Waals surface area contributed by atoms with Gasteiger partial charge < -0.3 is 4.74 Å². The lowest BCUT2D eigenvalue weighted by molar-refractivity contribution is -0.384. The predicted molar refractivity (Wildman–Crippen MR) is 81.0 cm³/mol. The van der Waals surface area contributed by atoms with Crippen molar-refractivity contribution >= 4 is 11.7 Å². The van der Waals surface area contributed by atoms with E-state index in [-0.39, 0.29) is 24.2 Å². The van der Waals surface area contributed by atoms with E-state index in [0.717, 1.165) is 19.3 Å². The molecule has 0 heterocycles. The van der Waals surface area contributed by atoms with E-state index >= 15 is 0 Å². The minimum absolute atomic E-state index is 0.0133. The van der Waals surface area contributed by atoms with Crippen LogP contribution in [-0.2, 0) is 16.0 Å². The number of ether oxygens (including phenoxy) is 1. The largest absolute Gasteiger partial charge is 0.458 e. The Morgan fingerprint density at radius 1 is 1.38 bits per heavy atom. The fraction of sp³-hybridized carbons (Fsp3) is 0.438. The third-order valence-corrected chi connectivity index (χ3v) is 2.94. The number of hydrogen-bond donors (Lipinski definition) is 0. The molecule has 5 heteroatoms. The summed E-state index contributed by atoms with van der Waals surface area (Å²) in [5.74, 6) is -0.337. The molecule has 0 aliphatic carbocycles. The number of nitrogens with zero attached hydrogens (tertiary/aromatic N) is 1. The van der Waals surface area contributed by atoms with Gasteiger partial charge in [0, 0.05) is 12.1 Å². The molecule has 1 aromatic carbocycles. The van der Waals surface area contributed by atoms with E-state index in [9.17, 15) is 14.9 Å². The lowest BCUT2D eigenvalue weighted by Gasteiger charge is -2.09. The molecule has 0 aliphatic heterocycles. The van der Waals surface area contributed by atoms with Crippen molar-refractivity contribution in [3.8, 4) is 0 Å². The van der Waals surface area contributed by atoms with Gasteiger partial charge in [0.2, 0.25) is 0 Å². The van der Waals surface area contributed by atoms with Gasteiger partial charge in [-0.3, -0.25) is 14.9 Å². The second-order valence-electron chi connectivity index (χ2n) is 4.87. The van der Waals surface area contributed by atoms with Crippen molar-refractivity contribution in [3.63, 3.8) is 0 Å². The SMILES string of the molecule is CCCC/C=C/C(C)OC(=O)Cc1ccc([N+](=O)[O-])cc1. The van der Waals surface area contributed by atoms with Gasteiger partial charge in [-0.15, -0.1) is 0 Å². The molecular formula is C16H21NO4. The molecule has 1 aromatic rings. The van der Waals surface area contributed by atoms with Crippen molar-refractivity contribution in [3.05, 3.63) is 52.1 Å². The van der Waals surface area contributed by atoms with E-state index in [2.05, 4.69) is 6.92 Å². The van der Waals surface area contributed by atoms with Crippen LogP contribution in [0.15, 0.2) is 36.4 Å². The maximum atomic E-state index is 11.7. The predicted octanol–water partition coefficient (Wildman–Crippen LogP) is 3.82. The topological polar surface area (TPSA) is 69.4 Å². The summed E-state index contributed by atoms with van der Waals surface area (Å²) in [6.45, 7) is 3.94. The van der Waals surface area contributed by atoms with Gasteiger partial charge in [-0.05, 0) is 25.0 Å². The summed E-state index contributed by atoms with van der Waals surface area (Å²) in [7, 11) is 0. The molecular weight excluding hydrogens is 270 g/mol. The third kappa shape index (κ3) is 6.70. The highest BCUT2D eigenvalue weighted by molar-refractivity contribution is 5.73. The number of nitro benzene ring substituents is 1. The maximum Gasteiger partial charge on any atom is 0.310 e. The molecule has 21 heavy (non-hydrogen) atoms. The van der Waals surface area contributed by atoms with Crippen LogP contribution >= 0.6 is 0 Å². The van der Waals surface area contributed by atoms with Gasteiger partial charge in [-0.25, -0.2) is 0 Å². The van der Waals surface area contributed by atoms with Crippen molar-refractivity contribution < 1.29 is 14.5 Å². The summed E-state index contributed by atoms with van der Waals surface area (Å²) in [4.78, 5) is 21.8. The van der Waals surface area contributed by atoms with E-state index in [1.165, 1.54) is 12.1 Å². The average Bonchev–Trinajstić information content (AvgIpc) is 2.44. The number of non-ortho nitro benzene ring substituents is 1. The maximum absolute atomic E-state index is 11.7. The van der Waals surface area contributed by atoms with Gasteiger partial charge in [0.15, 0.2) is 0 Å². The normalized spacial score (nSPS) is 12.3. The van der Waals surface area contributed by atoms with Crippen LogP contribution in [0.4, 0.5) is 5.69 Å². The van der Waals surface area contributed by atoms with Gasteiger partial charge in [0.05, 0.1) is 11.3 Å². The first-order valence-corrected chi connectivity index (χ1v) is 7.12. The lowest BCUT2D eigenvalue weighted by atomic mass is 10.1. The van der Waals surface area contributed by atoms with Crippen molar-refractivity contribution in [1.29, 1.82) is 0 Å². The number of nitro groups is 1. The Labute approximate surface area is 124 Å². The highest BCUT2D eigenvalue weighted by Gasteiger charge is 2.10. The molecule has 1 atom stereocenters. The summed E-state index contributed by atoms with van der Waals surface area (Å²) >= 11 is 0. The van der Waals surface area contributed by atoms with Crippen LogP contribution in [0, 0.1) is 10.1 Å². The highest BCUT2D eigenvalue weighted by atomic mass is 16.6. The van der Waals surface area contributed by atoms with E-state index < -0.39 is 4.92 Å². The van der Waals surface area contributed by atoms with E-state index in [1.807, 2.05) is 19.1 Å². The molecule has 0 aromatic heterocycles. The first-order valence-electron chi connectivity index (χ1n) is 7.12. The molecule has 0 saturated carbocycles. The van der Waals surface area contributed by atoms with Crippen LogP contribution in [0.1, 0.15) is 38.7 Å². The van der Waals surface area contributed by atoms with E-state index in [1.54, 1.807) is 12.1 Å². The number of hydrogen-bond acceptors (Lipinski definition) is 4. The number of rotatable bonds is 8. The summed E-state index contributed by atoms with van der Waals surface area (Å²) < 4.78 is 5.25. The van der Waals surface area contributed by atoms with Crippen LogP contribution in [0.2, 0.25) is 0 Å². The third-order valence-electron chi connectivity index (χ3n) is 2.94. The van der Waals surface area contributed by atoms with Gasteiger partial charge in [0.25, 0.3) is 5.69 Å². The molecule has 5 nitrogen and oxygen atoms in total. The summed E-state index contributed by atoms with van der Waals surface area (Å²) in [6.07, 6.45) is 7.01. The first kappa shape index (κ1) is 16.9. The van der Waals surface area contributed by atoms with Crippen LogP contribution in [0.25, 0.3) is 0 Å². The van der Waals surface area contributed by atoms with Crippen molar-refractivity contribution in [2.45, 2.75) is 45.6 Å². The Balaban J connectivity index is 2.42. The van der Waals surface area contributed by atoms with Crippen LogP contribution < -0.4 is 0 Å². The second kappa shape index (κ2) is 8.89. The Hall–Kier alpha value is -2.17. The van der Waals surface area contributed by atoms with Crippen molar-refractivity contribution in [1.82, 2.24) is 0 Å². The van der Waals surface area contributed by atoms with E-state index in [0.29, 0.717) is 5.56 Å². The smallest absolute Gasteiger partial charge is 0.310 e. The molecule has 0 amide bonds. The molecule has 0 saturated heterocycles. The fourth-order valence-electron chi connectivity index (χ4n) is 1.80. The zero-order valence-corrected chi connectivity index (χ0v) is 12.5. The summed E-state index contributed by atoms with van der Waals surface area (Å²) in [6, 6.07) is 5.91. The number of esters is 1. The molecule has 0 aliphatic rings. The zero-order valence-electron chi connectivity index (χ0n) is 12.5. The van der Waals surface area contributed by atoms with E-state index in [4.69, 9.17) is 4.74 Å². The number of carbonyl (C=O) groups excluding carboxylic acids is 1.